The fourth-order valence-electron chi connectivity index (χ4n) is 3.65. The molecule has 0 aromatic heterocycles. The van der Waals surface area contributed by atoms with Crippen LogP contribution in [0.2, 0.25) is 0 Å². The normalized spacial score (nSPS) is 20.0. The third kappa shape index (κ3) is 6.78. The Labute approximate surface area is 179 Å². The summed E-state index contributed by atoms with van der Waals surface area (Å²) in [6.45, 7) is 6.87. The van der Waals surface area contributed by atoms with Gasteiger partial charge in [-0.15, -0.1) is 24.0 Å². The number of piperazine rings is 1. The van der Waals surface area contributed by atoms with Crippen molar-refractivity contribution in [1.29, 1.82) is 0 Å². The fourth-order valence-corrected chi connectivity index (χ4v) is 3.65. The molecule has 0 radical (unpaired) electrons. The van der Waals surface area contributed by atoms with Crippen LogP contribution in [0.4, 0.5) is 0 Å². The molecule has 27 heavy (non-hydrogen) atoms. The number of nitrogens with two attached hydrogens (primary N) is 1. The lowest BCUT2D eigenvalue weighted by Gasteiger charge is -2.43. The van der Waals surface area contributed by atoms with Gasteiger partial charge in [0.05, 0.1) is 12.1 Å². The van der Waals surface area contributed by atoms with Gasteiger partial charge in [0, 0.05) is 39.3 Å². The molecule has 2 amide bonds. The smallest absolute Gasteiger partial charge is 0.239 e. The number of hydrogen-bond donors (Lipinski definition) is 3. The minimum Gasteiger partial charge on any atom is -0.368 e. The largest absolute Gasteiger partial charge is 0.368 e. The molecule has 0 aromatic carbocycles. The molecule has 1 aliphatic heterocycles. The molecule has 1 aliphatic carbocycles. The second kappa shape index (κ2) is 11.0. The molecule has 4 N–H and O–H groups in total. The molecule has 0 bridgehead atoms. The van der Waals surface area contributed by atoms with Crippen LogP contribution in [0.1, 0.15) is 46.0 Å². The highest BCUT2D eigenvalue weighted by molar-refractivity contribution is 14.0. The van der Waals surface area contributed by atoms with Gasteiger partial charge in [0.1, 0.15) is 0 Å². The van der Waals surface area contributed by atoms with Crippen LogP contribution in [-0.4, -0.2) is 78.9 Å². The third-order valence-electron chi connectivity index (χ3n) is 5.56. The SMILES string of the molecule is CN=C(NCC(=O)NC1CCCCC1)N1CCN(C(C)(C)C(N)=O)CC1.I. The van der Waals surface area contributed by atoms with Crippen molar-refractivity contribution in [3.63, 3.8) is 0 Å². The molecule has 2 rings (SSSR count). The molecule has 1 saturated carbocycles. The van der Waals surface area contributed by atoms with Crippen molar-refractivity contribution in [2.24, 2.45) is 10.7 Å². The number of amides is 2. The maximum Gasteiger partial charge on any atom is 0.239 e. The number of aliphatic imine (C=N–C) groups is 1. The number of hydrogen-bond acceptors (Lipinski definition) is 4. The minimum atomic E-state index is -0.650. The van der Waals surface area contributed by atoms with Crippen molar-refractivity contribution in [2.75, 3.05) is 39.8 Å². The Morgan fingerprint density at radius 1 is 1.11 bits per heavy atom. The zero-order valence-electron chi connectivity index (χ0n) is 16.8. The quantitative estimate of drug-likeness (QED) is 0.294. The molecule has 8 nitrogen and oxygen atoms in total. The highest BCUT2D eigenvalue weighted by Crippen LogP contribution is 2.17. The third-order valence-corrected chi connectivity index (χ3v) is 5.56. The number of primary amides is 1. The maximum absolute atomic E-state index is 12.2. The van der Waals surface area contributed by atoms with Gasteiger partial charge in [-0.3, -0.25) is 19.5 Å². The van der Waals surface area contributed by atoms with Gasteiger partial charge in [-0.2, -0.15) is 0 Å². The number of rotatable bonds is 5. The first-order valence-corrected chi connectivity index (χ1v) is 9.64. The van der Waals surface area contributed by atoms with Gasteiger partial charge in [-0.1, -0.05) is 19.3 Å². The summed E-state index contributed by atoms with van der Waals surface area (Å²) in [5.41, 5.74) is 4.85. The highest BCUT2D eigenvalue weighted by Gasteiger charge is 2.35. The zero-order valence-corrected chi connectivity index (χ0v) is 19.1. The highest BCUT2D eigenvalue weighted by atomic mass is 127. The van der Waals surface area contributed by atoms with Crippen molar-refractivity contribution in [1.82, 2.24) is 20.4 Å². The van der Waals surface area contributed by atoms with E-state index in [1.54, 1.807) is 7.05 Å². The molecular weight excluding hydrogens is 459 g/mol. The summed E-state index contributed by atoms with van der Waals surface area (Å²) < 4.78 is 0. The van der Waals surface area contributed by atoms with E-state index in [1.165, 1.54) is 19.3 Å². The number of nitrogens with zero attached hydrogens (tertiary/aromatic N) is 3. The van der Waals surface area contributed by atoms with Crippen molar-refractivity contribution in [2.45, 2.75) is 57.5 Å². The van der Waals surface area contributed by atoms with Crippen molar-refractivity contribution < 1.29 is 9.59 Å². The van der Waals surface area contributed by atoms with Crippen molar-refractivity contribution >= 4 is 41.8 Å². The van der Waals surface area contributed by atoms with E-state index < -0.39 is 5.54 Å². The number of carbonyl (C=O) groups excluding carboxylic acids is 2. The summed E-state index contributed by atoms with van der Waals surface area (Å²) >= 11 is 0. The van der Waals surface area contributed by atoms with Crippen LogP contribution in [-0.2, 0) is 9.59 Å². The lowest BCUT2D eigenvalue weighted by Crippen LogP contribution is -2.61. The first-order valence-electron chi connectivity index (χ1n) is 9.64. The van der Waals surface area contributed by atoms with Crippen molar-refractivity contribution in [3.05, 3.63) is 0 Å². The van der Waals surface area contributed by atoms with E-state index in [0.717, 1.165) is 45.0 Å². The molecule has 2 aliphatic rings. The monoisotopic (exact) mass is 494 g/mol. The number of guanidine groups is 1. The molecule has 1 heterocycles. The van der Waals surface area contributed by atoms with E-state index in [4.69, 9.17) is 5.73 Å². The summed E-state index contributed by atoms with van der Waals surface area (Å²) in [4.78, 5) is 32.3. The van der Waals surface area contributed by atoms with E-state index in [0.29, 0.717) is 6.04 Å². The van der Waals surface area contributed by atoms with Gasteiger partial charge in [-0.25, -0.2) is 0 Å². The van der Waals surface area contributed by atoms with Crippen molar-refractivity contribution in [3.8, 4) is 0 Å². The Balaban J connectivity index is 0.00000364. The Morgan fingerprint density at radius 3 is 2.22 bits per heavy atom. The predicted molar refractivity (Wildman–Crippen MR) is 118 cm³/mol. The topological polar surface area (TPSA) is 103 Å². The number of halogens is 1. The average Bonchev–Trinajstić information content (AvgIpc) is 2.63. The number of nitrogens with one attached hydrogen (secondary N) is 2. The van der Waals surface area contributed by atoms with E-state index in [2.05, 4.69) is 25.4 Å². The Kier molecular flexibility index (Phi) is 9.78. The first kappa shape index (κ1) is 23.9. The van der Waals surface area contributed by atoms with Crippen LogP contribution in [0.3, 0.4) is 0 Å². The number of carbonyl (C=O) groups is 2. The Hall–Kier alpha value is -1.10. The van der Waals surface area contributed by atoms with E-state index in [1.807, 2.05) is 13.8 Å². The molecule has 9 heteroatoms. The van der Waals surface area contributed by atoms with Gasteiger partial charge in [0.2, 0.25) is 11.8 Å². The van der Waals surface area contributed by atoms with E-state index in [-0.39, 0.29) is 42.3 Å². The van der Waals surface area contributed by atoms with Gasteiger partial charge in [0.25, 0.3) is 0 Å². The molecule has 0 spiro atoms. The van der Waals surface area contributed by atoms with Crippen LogP contribution in [0, 0.1) is 0 Å². The second-order valence-corrected chi connectivity index (χ2v) is 7.70. The van der Waals surface area contributed by atoms with Crippen LogP contribution >= 0.6 is 24.0 Å². The summed E-state index contributed by atoms with van der Waals surface area (Å²) in [6, 6.07) is 0.319. The second-order valence-electron chi connectivity index (χ2n) is 7.70. The zero-order chi connectivity index (χ0) is 19.2. The van der Waals surface area contributed by atoms with Gasteiger partial charge >= 0.3 is 0 Å². The van der Waals surface area contributed by atoms with E-state index in [9.17, 15) is 9.59 Å². The summed E-state index contributed by atoms with van der Waals surface area (Å²) in [7, 11) is 1.72. The molecule has 156 valence electrons. The van der Waals surface area contributed by atoms with Gasteiger partial charge < -0.3 is 21.3 Å². The molecular formula is C18H35IN6O2. The molecule has 0 atom stereocenters. The minimum absolute atomic E-state index is 0. The summed E-state index contributed by atoms with van der Waals surface area (Å²) in [5, 5.41) is 6.26. The maximum atomic E-state index is 12.2. The van der Waals surface area contributed by atoms with Gasteiger partial charge in [0.15, 0.2) is 5.96 Å². The average molecular weight is 494 g/mol. The standard InChI is InChI=1S/C18H34N6O2.HI/c1-18(2,16(19)26)24-11-9-23(10-12-24)17(20-3)21-13-15(25)22-14-7-5-4-6-8-14;/h14H,4-13H2,1-3H3,(H2,19,26)(H,20,21)(H,22,25);1H. The van der Waals surface area contributed by atoms with E-state index >= 15 is 0 Å². The molecule has 0 unspecified atom stereocenters. The lowest BCUT2D eigenvalue weighted by atomic mass is 9.95. The fraction of sp³-hybridized carbons (Fsp3) is 0.833. The van der Waals surface area contributed by atoms with Crippen LogP contribution < -0.4 is 16.4 Å². The van der Waals surface area contributed by atoms with Crippen LogP contribution in [0.5, 0.6) is 0 Å². The first-order chi connectivity index (χ1) is 12.3. The molecule has 2 fully saturated rings. The lowest BCUT2D eigenvalue weighted by molar-refractivity contribution is -0.129. The Morgan fingerprint density at radius 2 is 1.70 bits per heavy atom. The van der Waals surface area contributed by atoms with Crippen LogP contribution in [0.15, 0.2) is 4.99 Å². The summed E-state index contributed by atoms with van der Waals surface area (Å²) in [5.74, 6) is 0.430. The molecule has 0 aromatic rings. The molecule has 1 saturated heterocycles. The summed E-state index contributed by atoms with van der Waals surface area (Å²) in [6.07, 6.45) is 5.84. The Bertz CT molecular complexity index is 526. The van der Waals surface area contributed by atoms with Gasteiger partial charge in [-0.05, 0) is 26.7 Å². The predicted octanol–water partition coefficient (Wildman–Crippen LogP) is 0.510. The van der Waals surface area contributed by atoms with Crippen LogP contribution in [0.25, 0.3) is 0 Å².